The molecule has 1 heterocycles. The highest BCUT2D eigenvalue weighted by molar-refractivity contribution is 6.31. The highest BCUT2D eigenvalue weighted by Crippen LogP contribution is 2.27. The summed E-state index contributed by atoms with van der Waals surface area (Å²) in [6, 6.07) is 15.3. The van der Waals surface area contributed by atoms with Gasteiger partial charge < -0.3 is 4.98 Å². The first-order valence-corrected chi connectivity index (χ1v) is 6.97. The molecule has 0 spiro atoms. The Morgan fingerprint density at radius 2 is 1.65 bits per heavy atom. The van der Waals surface area contributed by atoms with Crippen molar-refractivity contribution in [2.75, 3.05) is 0 Å². The molecule has 1 aromatic heterocycles. The number of nitrogens with zero attached hydrogens (tertiary/aromatic N) is 1. The number of nitrogens with one attached hydrogen (secondary N) is 1. The second-order valence-electron chi connectivity index (χ2n) is 4.58. The van der Waals surface area contributed by atoms with E-state index < -0.39 is 0 Å². The van der Waals surface area contributed by atoms with E-state index >= 15 is 0 Å². The molecule has 0 bridgehead atoms. The Bertz CT molecular complexity index is 745. The lowest BCUT2D eigenvalue weighted by Crippen LogP contribution is -1.81. The Hall–Kier alpha value is -1.77. The van der Waals surface area contributed by atoms with E-state index in [-0.39, 0.29) is 0 Å². The Morgan fingerprint density at radius 1 is 0.900 bits per heavy atom. The maximum atomic E-state index is 6.02. The zero-order chi connectivity index (χ0) is 14.1. The molecule has 0 aliphatic heterocycles. The minimum Gasteiger partial charge on any atom is -0.342 e. The molecule has 3 rings (SSSR count). The van der Waals surface area contributed by atoms with Crippen LogP contribution in [0, 0.1) is 6.92 Å². The monoisotopic (exact) mass is 302 g/mol. The van der Waals surface area contributed by atoms with Crippen molar-refractivity contribution in [1.29, 1.82) is 0 Å². The normalized spacial score (nSPS) is 10.8. The molecule has 0 radical (unpaired) electrons. The van der Waals surface area contributed by atoms with Gasteiger partial charge in [-0.25, -0.2) is 4.98 Å². The van der Waals surface area contributed by atoms with Crippen molar-refractivity contribution in [1.82, 2.24) is 9.97 Å². The summed E-state index contributed by atoms with van der Waals surface area (Å²) in [4.78, 5) is 7.96. The van der Waals surface area contributed by atoms with Crippen LogP contribution in [0.1, 0.15) is 5.69 Å². The molecule has 0 saturated heterocycles. The predicted molar refractivity (Wildman–Crippen MR) is 84.2 cm³/mol. The molecule has 100 valence electrons. The van der Waals surface area contributed by atoms with E-state index in [1.807, 2.05) is 55.5 Å². The van der Waals surface area contributed by atoms with Crippen LogP contribution < -0.4 is 0 Å². The number of hydrogen-bond donors (Lipinski definition) is 1. The lowest BCUT2D eigenvalue weighted by atomic mass is 10.1. The molecule has 0 unspecified atom stereocenters. The third kappa shape index (κ3) is 2.58. The summed E-state index contributed by atoms with van der Waals surface area (Å²) in [5.41, 5.74) is 3.95. The van der Waals surface area contributed by atoms with Crippen LogP contribution in [0.5, 0.6) is 0 Å². The van der Waals surface area contributed by atoms with Gasteiger partial charge >= 0.3 is 0 Å². The quantitative estimate of drug-likeness (QED) is 0.678. The van der Waals surface area contributed by atoms with Crippen molar-refractivity contribution in [3.63, 3.8) is 0 Å². The number of hydrogen-bond acceptors (Lipinski definition) is 1. The molecule has 0 amide bonds. The van der Waals surface area contributed by atoms with Gasteiger partial charge in [-0.1, -0.05) is 47.5 Å². The molecular weight excluding hydrogens is 291 g/mol. The zero-order valence-corrected chi connectivity index (χ0v) is 12.3. The lowest BCUT2D eigenvalue weighted by molar-refractivity contribution is 1.26. The summed E-state index contributed by atoms with van der Waals surface area (Å²) in [6.07, 6.45) is 0. The smallest absolute Gasteiger partial charge is 0.138 e. The molecule has 2 aromatic carbocycles. The highest BCUT2D eigenvalue weighted by atomic mass is 35.5. The molecule has 0 aliphatic rings. The molecule has 0 atom stereocenters. The van der Waals surface area contributed by atoms with Crippen LogP contribution >= 0.6 is 23.2 Å². The van der Waals surface area contributed by atoms with Gasteiger partial charge in [0.15, 0.2) is 0 Å². The number of imidazole rings is 1. The first-order valence-electron chi connectivity index (χ1n) is 6.22. The maximum absolute atomic E-state index is 6.02. The largest absolute Gasteiger partial charge is 0.342 e. The van der Waals surface area contributed by atoms with Crippen molar-refractivity contribution < 1.29 is 0 Å². The van der Waals surface area contributed by atoms with E-state index in [2.05, 4.69) is 9.97 Å². The molecule has 2 nitrogen and oxygen atoms in total. The Morgan fingerprint density at radius 3 is 2.35 bits per heavy atom. The van der Waals surface area contributed by atoms with Gasteiger partial charge in [-0.05, 0) is 31.2 Å². The van der Waals surface area contributed by atoms with E-state index in [9.17, 15) is 0 Å². The van der Waals surface area contributed by atoms with E-state index in [1.54, 1.807) is 0 Å². The summed E-state index contributed by atoms with van der Waals surface area (Å²) in [5.74, 6) is 0.815. The molecule has 0 saturated carbocycles. The summed E-state index contributed by atoms with van der Waals surface area (Å²) < 4.78 is 0. The average molecular weight is 303 g/mol. The number of aryl methyl sites for hydroxylation is 1. The second kappa shape index (κ2) is 5.31. The van der Waals surface area contributed by atoms with E-state index in [1.165, 1.54) is 0 Å². The third-order valence-corrected chi connectivity index (χ3v) is 3.59. The first-order chi connectivity index (χ1) is 9.63. The first kappa shape index (κ1) is 13.2. The number of H-pyrrole nitrogens is 1. The van der Waals surface area contributed by atoms with Crippen molar-refractivity contribution in [2.24, 2.45) is 0 Å². The van der Waals surface area contributed by atoms with Gasteiger partial charge in [0.25, 0.3) is 0 Å². The summed E-state index contributed by atoms with van der Waals surface area (Å²) in [5, 5.41) is 1.42. The standard InChI is InChI=1S/C16H12Cl2N2/c1-10-15(11-5-7-13(17)8-6-11)20-16(19-10)12-3-2-4-14(18)9-12/h2-9H,1H3,(H,19,20). The average Bonchev–Trinajstić information content (AvgIpc) is 2.82. The number of rotatable bonds is 2. The SMILES string of the molecule is Cc1[nH]c(-c2cccc(Cl)c2)nc1-c1ccc(Cl)cc1. The molecule has 0 aliphatic carbocycles. The van der Waals surface area contributed by atoms with E-state index in [0.29, 0.717) is 5.02 Å². The van der Waals surface area contributed by atoms with Crippen molar-refractivity contribution in [3.8, 4) is 22.6 Å². The van der Waals surface area contributed by atoms with Crippen LogP contribution in [0.25, 0.3) is 22.6 Å². The minimum absolute atomic E-state index is 0.699. The minimum atomic E-state index is 0.699. The Labute approximate surface area is 127 Å². The van der Waals surface area contributed by atoms with E-state index in [0.717, 1.165) is 33.4 Å². The molecule has 4 heteroatoms. The highest BCUT2D eigenvalue weighted by Gasteiger charge is 2.10. The van der Waals surface area contributed by atoms with Crippen molar-refractivity contribution in [3.05, 3.63) is 64.3 Å². The van der Waals surface area contributed by atoms with Gasteiger partial charge in [0.1, 0.15) is 5.82 Å². The summed E-state index contributed by atoms with van der Waals surface area (Å²) in [7, 11) is 0. The number of aromatic nitrogens is 2. The number of aromatic amines is 1. The van der Waals surface area contributed by atoms with E-state index in [4.69, 9.17) is 23.2 Å². The fourth-order valence-electron chi connectivity index (χ4n) is 2.12. The van der Waals surface area contributed by atoms with Gasteiger partial charge in [-0.3, -0.25) is 0 Å². The van der Waals surface area contributed by atoms with Gasteiger partial charge in [-0.2, -0.15) is 0 Å². The number of benzene rings is 2. The topological polar surface area (TPSA) is 28.7 Å². The lowest BCUT2D eigenvalue weighted by Gasteiger charge is -1.98. The molecule has 3 aromatic rings. The van der Waals surface area contributed by atoms with Crippen LogP contribution in [-0.4, -0.2) is 9.97 Å². The van der Waals surface area contributed by atoms with Crippen LogP contribution in [0.4, 0.5) is 0 Å². The van der Waals surface area contributed by atoms with Crippen molar-refractivity contribution >= 4 is 23.2 Å². The summed E-state index contributed by atoms with van der Waals surface area (Å²) >= 11 is 11.9. The van der Waals surface area contributed by atoms with Crippen LogP contribution in [-0.2, 0) is 0 Å². The van der Waals surface area contributed by atoms with Crippen molar-refractivity contribution in [2.45, 2.75) is 6.92 Å². The predicted octanol–water partition coefficient (Wildman–Crippen LogP) is 5.36. The second-order valence-corrected chi connectivity index (χ2v) is 5.45. The van der Waals surface area contributed by atoms with Gasteiger partial charge in [0.2, 0.25) is 0 Å². The zero-order valence-electron chi connectivity index (χ0n) is 10.8. The van der Waals surface area contributed by atoms with Crippen LogP contribution in [0.15, 0.2) is 48.5 Å². The Balaban J connectivity index is 2.05. The fourth-order valence-corrected chi connectivity index (χ4v) is 2.44. The third-order valence-electron chi connectivity index (χ3n) is 3.10. The molecule has 0 fully saturated rings. The van der Waals surface area contributed by atoms with Gasteiger partial charge in [-0.15, -0.1) is 0 Å². The Kier molecular flexibility index (Phi) is 3.51. The fraction of sp³-hybridized carbons (Fsp3) is 0.0625. The van der Waals surface area contributed by atoms with Crippen LogP contribution in [0.2, 0.25) is 10.0 Å². The molecule has 20 heavy (non-hydrogen) atoms. The van der Waals surface area contributed by atoms with Crippen LogP contribution in [0.3, 0.4) is 0 Å². The molecular formula is C16H12Cl2N2. The maximum Gasteiger partial charge on any atom is 0.138 e. The van der Waals surface area contributed by atoms with Gasteiger partial charge in [0.05, 0.1) is 5.69 Å². The van der Waals surface area contributed by atoms with Gasteiger partial charge in [0, 0.05) is 26.9 Å². The number of halogens is 2. The summed E-state index contributed by atoms with van der Waals surface area (Å²) in [6.45, 7) is 2.00. The molecule has 1 N–H and O–H groups in total.